The number of nitrogens with zero attached hydrogens (tertiary/aromatic N) is 4. The average Bonchev–Trinajstić information content (AvgIpc) is 2.75. The van der Waals surface area contributed by atoms with Gasteiger partial charge in [-0.15, -0.1) is 0 Å². The minimum atomic E-state index is -0.532. The molecule has 0 bridgehead atoms. The van der Waals surface area contributed by atoms with E-state index in [4.69, 9.17) is 0 Å². The Kier molecular flexibility index (Phi) is 7.49. The summed E-state index contributed by atoms with van der Waals surface area (Å²) in [5.74, 6) is 0. The molecule has 0 amide bonds. The lowest BCUT2D eigenvalue weighted by Gasteiger charge is -2.16. The van der Waals surface area contributed by atoms with Gasteiger partial charge < -0.3 is 5.32 Å². The first-order valence-corrected chi connectivity index (χ1v) is 9.68. The van der Waals surface area contributed by atoms with Crippen LogP contribution in [0.5, 0.6) is 0 Å². The summed E-state index contributed by atoms with van der Waals surface area (Å²) in [6.07, 6.45) is 5.22. The van der Waals surface area contributed by atoms with Crippen LogP contribution in [0.25, 0.3) is 17.3 Å². The van der Waals surface area contributed by atoms with Crippen LogP contribution in [-0.2, 0) is 6.42 Å². The molecule has 30 heavy (non-hydrogen) atoms. The number of nitro benzene ring substituents is 1. The molecular weight excluding hydrogens is 382 g/mol. The van der Waals surface area contributed by atoms with Crippen molar-refractivity contribution >= 4 is 11.9 Å². The number of nitrogens with one attached hydrogen (secondary N) is 1. The maximum absolute atomic E-state index is 13.1. The molecule has 8 nitrogen and oxygen atoms in total. The van der Waals surface area contributed by atoms with Crippen molar-refractivity contribution < 1.29 is 4.92 Å². The van der Waals surface area contributed by atoms with Gasteiger partial charge in [0.2, 0.25) is 0 Å². The first-order valence-electron chi connectivity index (χ1n) is 9.68. The zero-order valence-electron chi connectivity index (χ0n) is 17.2. The highest BCUT2D eigenvalue weighted by Crippen LogP contribution is 2.30. The monoisotopic (exact) mass is 405 g/mol. The normalized spacial score (nSPS) is 11.6. The van der Waals surface area contributed by atoms with Crippen LogP contribution in [-0.4, -0.2) is 15.5 Å². The van der Waals surface area contributed by atoms with E-state index in [0.29, 0.717) is 24.1 Å². The van der Waals surface area contributed by atoms with Crippen LogP contribution in [0.2, 0.25) is 0 Å². The van der Waals surface area contributed by atoms with Gasteiger partial charge in [0.05, 0.1) is 10.5 Å². The van der Waals surface area contributed by atoms with Crippen LogP contribution in [0.1, 0.15) is 50.4 Å². The molecule has 1 aromatic carbocycles. The Morgan fingerprint density at radius 1 is 1.20 bits per heavy atom. The van der Waals surface area contributed by atoms with E-state index in [2.05, 4.69) is 11.4 Å². The van der Waals surface area contributed by atoms with E-state index >= 15 is 0 Å². The number of hydrogen-bond donors (Lipinski definition) is 1. The summed E-state index contributed by atoms with van der Waals surface area (Å²) in [6.45, 7) is 5.96. The molecule has 0 aliphatic heterocycles. The molecule has 2 aromatic rings. The Morgan fingerprint density at radius 2 is 1.83 bits per heavy atom. The first kappa shape index (κ1) is 22.4. The van der Waals surface area contributed by atoms with E-state index in [1.54, 1.807) is 12.4 Å². The van der Waals surface area contributed by atoms with E-state index in [1.165, 1.54) is 28.8 Å². The number of pyridine rings is 1. The van der Waals surface area contributed by atoms with Crippen molar-refractivity contribution in [2.75, 3.05) is 0 Å². The van der Waals surface area contributed by atoms with E-state index in [0.717, 1.165) is 6.42 Å². The van der Waals surface area contributed by atoms with Gasteiger partial charge in [0.15, 0.2) is 0 Å². The summed E-state index contributed by atoms with van der Waals surface area (Å²) in [6, 6.07) is 9.75. The van der Waals surface area contributed by atoms with Gasteiger partial charge in [0, 0.05) is 41.8 Å². The van der Waals surface area contributed by atoms with Crippen molar-refractivity contribution in [3.63, 3.8) is 0 Å². The molecule has 2 rings (SSSR count). The van der Waals surface area contributed by atoms with Gasteiger partial charge >= 0.3 is 0 Å². The molecule has 0 fully saturated rings. The van der Waals surface area contributed by atoms with Gasteiger partial charge in [-0.25, -0.2) is 0 Å². The molecule has 0 aliphatic carbocycles. The van der Waals surface area contributed by atoms with Crippen molar-refractivity contribution in [1.82, 2.24) is 9.88 Å². The Bertz CT molecular complexity index is 1100. The zero-order chi connectivity index (χ0) is 22.3. The molecule has 1 N–H and O–H groups in total. The van der Waals surface area contributed by atoms with Crippen LogP contribution >= 0.6 is 0 Å². The molecule has 1 atom stereocenters. The number of hydrogen-bond acceptors (Lipinski definition) is 6. The zero-order valence-corrected chi connectivity index (χ0v) is 17.2. The molecule has 0 saturated carbocycles. The smallest absolute Gasteiger partial charge is 0.273 e. The van der Waals surface area contributed by atoms with Crippen molar-refractivity contribution in [3.05, 3.63) is 67.8 Å². The Morgan fingerprint density at radius 3 is 2.33 bits per heavy atom. The van der Waals surface area contributed by atoms with Gasteiger partial charge in [0.1, 0.15) is 17.7 Å². The fraction of sp³-hybridized carbons (Fsp3) is 0.318. The lowest BCUT2D eigenvalue weighted by molar-refractivity contribution is -0.384. The molecule has 0 aliphatic rings. The minimum absolute atomic E-state index is 0.114. The van der Waals surface area contributed by atoms with E-state index in [1.807, 2.05) is 26.8 Å². The van der Waals surface area contributed by atoms with Gasteiger partial charge in [-0.2, -0.15) is 10.5 Å². The van der Waals surface area contributed by atoms with E-state index < -0.39 is 10.5 Å². The maximum atomic E-state index is 13.1. The number of nitro groups is 1. The topological polar surface area (TPSA) is 125 Å². The minimum Gasteiger partial charge on any atom is -0.387 e. The molecule has 0 radical (unpaired) electrons. The molecule has 0 spiro atoms. The fourth-order valence-corrected chi connectivity index (χ4v) is 3.04. The van der Waals surface area contributed by atoms with Gasteiger partial charge in [-0.3, -0.25) is 19.5 Å². The average molecular weight is 405 g/mol. The number of rotatable bonds is 8. The van der Waals surface area contributed by atoms with Gasteiger partial charge in [0.25, 0.3) is 11.2 Å². The largest absolute Gasteiger partial charge is 0.387 e. The quantitative estimate of drug-likeness (QED) is 0.524. The summed E-state index contributed by atoms with van der Waals surface area (Å²) < 4.78 is 1.34. The van der Waals surface area contributed by atoms with Crippen molar-refractivity contribution in [3.8, 4) is 23.3 Å². The highest BCUT2D eigenvalue weighted by Gasteiger charge is 2.22. The Labute approximate surface area is 174 Å². The SMILES string of the molecule is CCCc1c(C#N)c(-c2ccc([N+](=O)[O-])cc2)c(C#N)c(=O)n1C=CNC(C)CC. The molecule has 1 unspecified atom stereocenters. The molecular formula is C22H23N5O3. The van der Waals surface area contributed by atoms with Crippen molar-refractivity contribution in [2.24, 2.45) is 0 Å². The standard InChI is InChI=1S/C22H23N5O3/c1-4-6-20-18(13-23)21(16-7-9-17(10-8-16)27(29)30)19(14-24)22(28)26(20)12-11-25-15(3)5-2/h7-12,15,25H,4-6H2,1-3H3. The van der Waals surface area contributed by atoms with Crippen molar-refractivity contribution in [2.45, 2.75) is 46.1 Å². The molecule has 154 valence electrons. The second-order valence-electron chi connectivity index (χ2n) is 6.82. The molecule has 8 heteroatoms. The first-order chi connectivity index (χ1) is 14.4. The maximum Gasteiger partial charge on any atom is 0.273 e. The molecule has 1 heterocycles. The second-order valence-corrected chi connectivity index (χ2v) is 6.82. The van der Waals surface area contributed by atoms with Crippen molar-refractivity contribution in [1.29, 1.82) is 10.5 Å². The number of aromatic nitrogens is 1. The lowest BCUT2D eigenvalue weighted by Crippen LogP contribution is -2.26. The predicted octanol–water partition coefficient (Wildman–Crippen LogP) is 3.94. The summed E-state index contributed by atoms with van der Waals surface area (Å²) in [4.78, 5) is 23.5. The molecule has 0 saturated heterocycles. The third kappa shape index (κ3) is 4.56. The van der Waals surface area contributed by atoms with Gasteiger partial charge in [-0.1, -0.05) is 20.3 Å². The second kappa shape index (κ2) is 10.0. The van der Waals surface area contributed by atoms with Crippen LogP contribution < -0.4 is 10.9 Å². The summed E-state index contributed by atoms with van der Waals surface area (Å²) in [5, 5.41) is 33.7. The summed E-state index contributed by atoms with van der Waals surface area (Å²) >= 11 is 0. The van der Waals surface area contributed by atoms with Crippen LogP contribution in [0.3, 0.4) is 0 Å². The third-order valence-electron chi connectivity index (χ3n) is 4.81. The van der Waals surface area contributed by atoms with Crippen LogP contribution in [0.15, 0.2) is 35.3 Å². The lowest BCUT2D eigenvalue weighted by atomic mass is 9.93. The highest BCUT2D eigenvalue weighted by atomic mass is 16.6. The Hall–Kier alpha value is -3.91. The highest BCUT2D eigenvalue weighted by molar-refractivity contribution is 5.78. The number of non-ortho nitro benzene ring substituents is 1. The summed E-state index contributed by atoms with van der Waals surface area (Å²) in [5.41, 5.74) is 0.524. The van der Waals surface area contributed by atoms with Gasteiger partial charge in [-0.05, 0) is 37.5 Å². The number of nitriles is 2. The van der Waals surface area contributed by atoms with E-state index in [9.17, 15) is 25.4 Å². The van der Waals surface area contributed by atoms with Crippen LogP contribution in [0, 0.1) is 32.8 Å². The van der Waals surface area contributed by atoms with E-state index in [-0.39, 0.29) is 28.4 Å². The predicted molar refractivity (Wildman–Crippen MR) is 114 cm³/mol. The Balaban J connectivity index is 2.78. The van der Waals surface area contributed by atoms with Crippen LogP contribution in [0.4, 0.5) is 5.69 Å². The molecule has 1 aromatic heterocycles. The third-order valence-corrected chi connectivity index (χ3v) is 4.81. The fourth-order valence-electron chi connectivity index (χ4n) is 3.04. The number of benzene rings is 1. The summed E-state index contributed by atoms with van der Waals surface area (Å²) in [7, 11) is 0.